The molecule has 4 rings (SSSR count). The molecule has 3 aromatic rings. The largest absolute Gasteiger partial charge is 0.478 e. The average Bonchev–Trinajstić information content (AvgIpc) is 2.81. The summed E-state index contributed by atoms with van der Waals surface area (Å²) in [6.45, 7) is 11.2. The molecule has 180 valence electrons. The highest BCUT2D eigenvalue weighted by Gasteiger charge is 2.37. The summed E-state index contributed by atoms with van der Waals surface area (Å²) >= 11 is 0. The van der Waals surface area contributed by atoms with Gasteiger partial charge in [-0.3, -0.25) is 0 Å². The van der Waals surface area contributed by atoms with E-state index in [0.29, 0.717) is 11.1 Å². The summed E-state index contributed by atoms with van der Waals surface area (Å²) in [5.41, 5.74) is 7.18. The minimum atomic E-state index is -1.05. The third-order valence-electron chi connectivity index (χ3n) is 7.41. The van der Waals surface area contributed by atoms with Crippen molar-refractivity contribution in [2.24, 2.45) is 0 Å². The Hall–Kier alpha value is -3.66. The second-order valence-corrected chi connectivity index (χ2v) is 10.8. The van der Waals surface area contributed by atoms with Gasteiger partial charge >= 0.3 is 11.9 Å². The van der Waals surface area contributed by atoms with Gasteiger partial charge in [-0.1, -0.05) is 76.2 Å². The van der Waals surface area contributed by atoms with Crippen LogP contribution < -0.4 is 0 Å². The zero-order valence-electron chi connectivity index (χ0n) is 21.0. The summed E-state index contributed by atoms with van der Waals surface area (Å²) in [5, 5.41) is 19.3. The Balaban J connectivity index is 1.87. The third-order valence-corrected chi connectivity index (χ3v) is 7.41. The lowest BCUT2D eigenvalue weighted by Crippen LogP contribution is -2.33. The Morgan fingerprint density at radius 3 is 2.09 bits per heavy atom. The summed E-state index contributed by atoms with van der Waals surface area (Å²) in [6, 6.07) is 18.3. The lowest BCUT2D eigenvalue weighted by molar-refractivity contribution is 0.0687. The Morgan fingerprint density at radius 2 is 1.43 bits per heavy atom. The van der Waals surface area contributed by atoms with E-state index in [-0.39, 0.29) is 22.0 Å². The first kappa shape index (κ1) is 24.5. The summed E-state index contributed by atoms with van der Waals surface area (Å²) in [5.74, 6) is -2.10. The molecule has 0 fully saturated rings. The molecule has 2 N–H and O–H groups in total. The number of allylic oxidation sites excluding steroid dienone is 1. The van der Waals surface area contributed by atoms with Crippen molar-refractivity contribution in [1.29, 1.82) is 0 Å². The zero-order valence-corrected chi connectivity index (χ0v) is 21.0. The van der Waals surface area contributed by atoms with Crippen molar-refractivity contribution in [1.82, 2.24) is 0 Å². The van der Waals surface area contributed by atoms with Crippen LogP contribution in [0.1, 0.15) is 90.4 Å². The molecule has 0 heterocycles. The molecule has 35 heavy (non-hydrogen) atoms. The molecule has 0 saturated carbocycles. The number of hydrogen-bond acceptors (Lipinski definition) is 2. The van der Waals surface area contributed by atoms with Crippen LogP contribution in [0.15, 0.2) is 60.7 Å². The standard InChI is InChI=1S/C31H32O4/c1-19(20-12-13-25-26(18-20)31(4,5)15-14-30(25,2)3)16-21-9-7-11-24(29(34)35)27(21)22-8-6-10-23(17-22)28(32)33/h6-13,16-18H,14-15H2,1-5H3,(H,32,33)(H,34,35). The van der Waals surface area contributed by atoms with Crippen LogP contribution in [0.4, 0.5) is 0 Å². The second kappa shape index (κ2) is 8.84. The quantitative estimate of drug-likeness (QED) is 0.377. The molecule has 0 bridgehead atoms. The van der Waals surface area contributed by atoms with Crippen molar-refractivity contribution in [3.8, 4) is 11.1 Å². The molecule has 1 aliphatic carbocycles. The fraction of sp³-hybridized carbons (Fsp3) is 0.290. The molecule has 4 nitrogen and oxygen atoms in total. The molecule has 0 unspecified atom stereocenters. The molecular formula is C31H32O4. The van der Waals surface area contributed by atoms with Crippen molar-refractivity contribution in [3.05, 3.63) is 94.0 Å². The molecule has 0 spiro atoms. The summed E-state index contributed by atoms with van der Waals surface area (Å²) in [7, 11) is 0. The Morgan fingerprint density at radius 1 is 0.771 bits per heavy atom. The van der Waals surface area contributed by atoms with Gasteiger partial charge in [-0.2, -0.15) is 0 Å². The van der Waals surface area contributed by atoms with Crippen LogP contribution in [-0.4, -0.2) is 22.2 Å². The number of carboxylic acids is 2. The predicted molar refractivity (Wildman–Crippen MR) is 141 cm³/mol. The van der Waals surface area contributed by atoms with Gasteiger partial charge in [0.1, 0.15) is 0 Å². The number of aromatic carboxylic acids is 2. The summed E-state index contributed by atoms with van der Waals surface area (Å²) in [6.07, 6.45) is 4.28. The van der Waals surface area contributed by atoms with Gasteiger partial charge in [-0.25, -0.2) is 9.59 Å². The molecular weight excluding hydrogens is 436 g/mol. The van der Waals surface area contributed by atoms with E-state index in [2.05, 4.69) is 45.9 Å². The molecule has 0 saturated heterocycles. The molecule has 0 amide bonds. The molecule has 1 aliphatic rings. The topological polar surface area (TPSA) is 74.6 Å². The van der Waals surface area contributed by atoms with E-state index in [9.17, 15) is 19.8 Å². The monoisotopic (exact) mass is 468 g/mol. The third kappa shape index (κ3) is 4.66. The maximum absolute atomic E-state index is 12.1. The molecule has 0 atom stereocenters. The average molecular weight is 469 g/mol. The Labute approximate surface area is 207 Å². The first-order chi connectivity index (χ1) is 16.4. The van der Waals surface area contributed by atoms with E-state index in [0.717, 1.165) is 29.5 Å². The number of hydrogen-bond donors (Lipinski definition) is 2. The minimum Gasteiger partial charge on any atom is -0.478 e. The van der Waals surface area contributed by atoms with Gasteiger partial charge in [0.05, 0.1) is 11.1 Å². The van der Waals surface area contributed by atoms with Crippen molar-refractivity contribution >= 4 is 23.6 Å². The van der Waals surface area contributed by atoms with E-state index in [1.54, 1.807) is 24.3 Å². The smallest absolute Gasteiger partial charge is 0.336 e. The van der Waals surface area contributed by atoms with E-state index in [1.165, 1.54) is 23.3 Å². The van der Waals surface area contributed by atoms with Gasteiger partial charge in [-0.15, -0.1) is 0 Å². The van der Waals surface area contributed by atoms with Crippen LogP contribution in [0, 0.1) is 0 Å². The van der Waals surface area contributed by atoms with E-state index in [4.69, 9.17) is 0 Å². The molecule has 4 heteroatoms. The number of carboxylic acid groups (broad SMARTS) is 2. The Kier molecular flexibility index (Phi) is 6.18. The van der Waals surface area contributed by atoms with Crippen molar-refractivity contribution in [3.63, 3.8) is 0 Å². The molecule has 0 radical (unpaired) electrons. The zero-order chi connectivity index (χ0) is 25.5. The van der Waals surface area contributed by atoms with Crippen LogP contribution in [-0.2, 0) is 10.8 Å². The maximum atomic E-state index is 12.1. The normalized spacial score (nSPS) is 16.4. The van der Waals surface area contributed by atoms with Crippen LogP contribution >= 0.6 is 0 Å². The molecule has 3 aromatic carbocycles. The Bertz CT molecular complexity index is 1360. The minimum absolute atomic E-state index is 0.0901. The van der Waals surface area contributed by atoms with Crippen LogP contribution in [0.2, 0.25) is 0 Å². The van der Waals surface area contributed by atoms with Gasteiger partial charge in [0.2, 0.25) is 0 Å². The van der Waals surface area contributed by atoms with Gasteiger partial charge in [-0.05, 0) is 82.2 Å². The van der Waals surface area contributed by atoms with Crippen molar-refractivity contribution < 1.29 is 19.8 Å². The fourth-order valence-corrected chi connectivity index (χ4v) is 5.15. The fourth-order valence-electron chi connectivity index (χ4n) is 5.15. The van der Waals surface area contributed by atoms with Gasteiger partial charge < -0.3 is 10.2 Å². The van der Waals surface area contributed by atoms with Crippen molar-refractivity contribution in [2.75, 3.05) is 0 Å². The van der Waals surface area contributed by atoms with E-state index < -0.39 is 11.9 Å². The second-order valence-electron chi connectivity index (χ2n) is 10.8. The van der Waals surface area contributed by atoms with Gasteiger partial charge in [0, 0.05) is 5.56 Å². The van der Waals surface area contributed by atoms with Crippen LogP contribution in [0.25, 0.3) is 22.8 Å². The van der Waals surface area contributed by atoms with Gasteiger partial charge in [0.25, 0.3) is 0 Å². The van der Waals surface area contributed by atoms with Crippen LogP contribution in [0.3, 0.4) is 0 Å². The maximum Gasteiger partial charge on any atom is 0.336 e. The van der Waals surface area contributed by atoms with Gasteiger partial charge in [0.15, 0.2) is 0 Å². The lowest BCUT2D eigenvalue weighted by atomic mass is 9.63. The highest BCUT2D eigenvalue weighted by molar-refractivity contribution is 6.01. The number of rotatable bonds is 5. The molecule has 0 aromatic heterocycles. The molecule has 0 aliphatic heterocycles. The van der Waals surface area contributed by atoms with E-state index >= 15 is 0 Å². The first-order valence-corrected chi connectivity index (χ1v) is 11.9. The highest BCUT2D eigenvalue weighted by Crippen LogP contribution is 2.46. The summed E-state index contributed by atoms with van der Waals surface area (Å²) in [4.78, 5) is 23.6. The SMILES string of the molecule is CC(=Cc1cccc(C(=O)O)c1-c1cccc(C(=O)O)c1)c1ccc2c(c1)C(C)(C)CCC2(C)C. The lowest BCUT2D eigenvalue weighted by Gasteiger charge is -2.42. The van der Waals surface area contributed by atoms with E-state index in [1.807, 2.05) is 19.1 Å². The number of benzene rings is 3. The number of fused-ring (bicyclic) bond motifs is 1. The van der Waals surface area contributed by atoms with Crippen LogP contribution in [0.5, 0.6) is 0 Å². The van der Waals surface area contributed by atoms with Crippen molar-refractivity contribution in [2.45, 2.75) is 58.3 Å². The summed E-state index contributed by atoms with van der Waals surface area (Å²) < 4.78 is 0. The first-order valence-electron chi connectivity index (χ1n) is 11.9. The highest BCUT2D eigenvalue weighted by atomic mass is 16.4. The predicted octanol–water partition coefficient (Wildman–Crippen LogP) is 7.66. The number of carbonyl (C=O) groups is 2.